The Morgan fingerprint density at radius 1 is 1.53 bits per heavy atom. The molecule has 7 nitrogen and oxygen atoms in total. The minimum absolute atomic E-state index is 0.0192. The van der Waals surface area contributed by atoms with Gasteiger partial charge in [0, 0.05) is 12.1 Å². The quantitative estimate of drug-likeness (QED) is 0.767. The highest BCUT2D eigenvalue weighted by Gasteiger charge is 2.33. The first-order valence-corrected chi connectivity index (χ1v) is 9.45. The summed E-state index contributed by atoms with van der Waals surface area (Å²) in [7, 11) is -7.04. The molecule has 1 saturated heterocycles. The second kappa shape index (κ2) is 5.17. The summed E-state index contributed by atoms with van der Waals surface area (Å²) in [6.45, 7) is -0.425. The number of furan rings is 1. The smallest absolute Gasteiger partial charge is 0.245 e. The highest BCUT2D eigenvalue weighted by atomic mass is 79.9. The van der Waals surface area contributed by atoms with E-state index in [1.807, 2.05) is 0 Å². The molecule has 0 amide bonds. The molecular weight excluding hydrogens is 362 g/mol. The number of hydrogen-bond acceptors (Lipinski definition) is 6. The van der Waals surface area contributed by atoms with Gasteiger partial charge in [0.15, 0.2) is 14.5 Å². The molecule has 1 aliphatic rings. The van der Waals surface area contributed by atoms with E-state index in [9.17, 15) is 16.8 Å². The van der Waals surface area contributed by atoms with E-state index in [1.54, 1.807) is 0 Å². The molecule has 0 radical (unpaired) electrons. The SMILES string of the molecule is O=S1(=O)CCC(NS(=O)(=O)c2cc(CO)oc2Br)C1. The van der Waals surface area contributed by atoms with E-state index in [4.69, 9.17) is 9.52 Å². The average molecular weight is 374 g/mol. The number of hydrogen-bond donors (Lipinski definition) is 2. The van der Waals surface area contributed by atoms with Gasteiger partial charge in [-0.05, 0) is 22.4 Å². The Balaban J connectivity index is 2.21. The molecule has 0 aromatic carbocycles. The summed E-state index contributed by atoms with van der Waals surface area (Å²) in [6.07, 6.45) is 0.254. The van der Waals surface area contributed by atoms with Crippen LogP contribution in [0.4, 0.5) is 0 Å². The van der Waals surface area contributed by atoms with Crippen molar-refractivity contribution in [3.05, 3.63) is 16.5 Å². The Morgan fingerprint density at radius 3 is 2.68 bits per heavy atom. The molecule has 0 aliphatic carbocycles. The van der Waals surface area contributed by atoms with Crippen LogP contribution in [0.25, 0.3) is 0 Å². The fourth-order valence-electron chi connectivity index (χ4n) is 1.83. The predicted molar refractivity (Wildman–Crippen MR) is 69.7 cm³/mol. The third kappa shape index (κ3) is 3.37. The van der Waals surface area contributed by atoms with Crippen LogP contribution >= 0.6 is 15.9 Å². The van der Waals surface area contributed by atoms with E-state index in [2.05, 4.69) is 20.7 Å². The van der Waals surface area contributed by atoms with Gasteiger partial charge in [-0.3, -0.25) is 0 Å². The molecular formula is C9H12BrNO6S2. The summed E-state index contributed by atoms with van der Waals surface area (Å²) >= 11 is 2.95. The number of sulfonamides is 1. The Hall–Kier alpha value is -0.420. The first-order valence-electron chi connectivity index (χ1n) is 5.35. The molecule has 1 atom stereocenters. The van der Waals surface area contributed by atoms with Crippen molar-refractivity contribution < 1.29 is 26.4 Å². The van der Waals surface area contributed by atoms with Crippen LogP contribution in [0.2, 0.25) is 0 Å². The summed E-state index contributed by atoms with van der Waals surface area (Å²) in [6, 6.07) is 0.560. The van der Waals surface area contributed by atoms with Gasteiger partial charge in [-0.25, -0.2) is 21.6 Å². The van der Waals surface area contributed by atoms with Gasteiger partial charge in [-0.15, -0.1) is 0 Å². The standard InChI is InChI=1S/C9H12BrNO6S2/c10-9-8(3-7(4-12)17-9)19(15,16)11-6-1-2-18(13,14)5-6/h3,6,11-12H,1-2,4-5H2. The lowest BCUT2D eigenvalue weighted by atomic mass is 10.3. The molecule has 0 bridgehead atoms. The Kier molecular flexibility index (Phi) is 4.07. The van der Waals surface area contributed by atoms with Gasteiger partial charge in [0.05, 0.1) is 11.5 Å². The molecule has 2 rings (SSSR count). The molecule has 1 unspecified atom stereocenters. The maximum Gasteiger partial charge on any atom is 0.245 e. The molecule has 2 N–H and O–H groups in total. The predicted octanol–water partition coefficient (Wildman–Crippen LogP) is -0.000200. The number of halogens is 1. The zero-order valence-corrected chi connectivity index (χ0v) is 12.9. The van der Waals surface area contributed by atoms with Gasteiger partial charge in [0.2, 0.25) is 10.0 Å². The highest BCUT2D eigenvalue weighted by molar-refractivity contribution is 9.10. The molecule has 0 saturated carbocycles. The number of aliphatic hydroxyl groups is 1. The summed E-state index contributed by atoms with van der Waals surface area (Å²) in [4.78, 5) is -0.152. The second-order valence-electron chi connectivity index (χ2n) is 4.23. The van der Waals surface area contributed by atoms with Gasteiger partial charge in [-0.1, -0.05) is 0 Å². The van der Waals surface area contributed by atoms with Crippen LogP contribution in [0.1, 0.15) is 12.2 Å². The van der Waals surface area contributed by atoms with Gasteiger partial charge in [0.25, 0.3) is 0 Å². The number of rotatable bonds is 4. The van der Waals surface area contributed by atoms with Crippen molar-refractivity contribution in [1.82, 2.24) is 4.72 Å². The molecule has 108 valence electrons. The van der Waals surface area contributed by atoms with E-state index in [0.717, 1.165) is 0 Å². The number of sulfone groups is 1. The van der Waals surface area contributed by atoms with Gasteiger partial charge in [-0.2, -0.15) is 0 Å². The van der Waals surface area contributed by atoms with Crippen molar-refractivity contribution in [3.63, 3.8) is 0 Å². The van der Waals surface area contributed by atoms with E-state index in [0.29, 0.717) is 0 Å². The van der Waals surface area contributed by atoms with E-state index >= 15 is 0 Å². The van der Waals surface area contributed by atoms with Crippen LogP contribution in [0.15, 0.2) is 20.0 Å². The van der Waals surface area contributed by atoms with Crippen molar-refractivity contribution in [2.24, 2.45) is 0 Å². The Bertz CT molecular complexity index is 678. The van der Waals surface area contributed by atoms with Crippen molar-refractivity contribution in [3.8, 4) is 0 Å². The third-order valence-electron chi connectivity index (χ3n) is 2.71. The normalized spacial score (nSPS) is 22.7. The van der Waals surface area contributed by atoms with Crippen molar-refractivity contribution in [1.29, 1.82) is 0 Å². The van der Waals surface area contributed by atoms with Crippen LogP contribution < -0.4 is 4.72 Å². The van der Waals surface area contributed by atoms with E-state index < -0.39 is 32.5 Å². The van der Waals surface area contributed by atoms with Crippen LogP contribution in [-0.2, 0) is 26.5 Å². The fourth-order valence-corrected chi connectivity index (χ4v) is 5.88. The highest BCUT2D eigenvalue weighted by Crippen LogP contribution is 2.27. The van der Waals surface area contributed by atoms with Gasteiger partial charge >= 0.3 is 0 Å². The molecule has 1 aliphatic heterocycles. The fraction of sp³-hybridized carbons (Fsp3) is 0.556. The van der Waals surface area contributed by atoms with E-state index in [1.165, 1.54) is 6.07 Å². The lowest BCUT2D eigenvalue weighted by molar-refractivity contribution is 0.245. The van der Waals surface area contributed by atoms with E-state index in [-0.39, 0.29) is 33.3 Å². The van der Waals surface area contributed by atoms with Gasteiger partial charge in [0.1, 0.15) is 17.3 Å². The first kappa shape index (κ1) is 15.0. The lowest BCUT2D eigenvalue weighted by Gasteiger charge is -2.10. The number of aliphatic hydroxyl groups excluding tert-OH is 1. The lowest BCUT2D eigenvalue weighted by Crippen LogP contribution is -2.35. The zero-order valence-electron chi connectivity index (χ0n) is 9.67. The van der Waals surface area contributed by atoms with Crippen LogP contribution in [0.5, 0.6) is 0 Å². The summed E-state index contributed by atoms with van der Waals surface area (Å²) in [5.41, 5.74) is 0. The first-order chi connectivity index (χ1) is 8.73. The van der Waals surface area contributed by atoms with Crippen molar-refractivity contribution in [2.75, 3.05) is 11.5 Å². The molecule has 2 heterocycles. The molecule has 1 aromatic rings. The van der Waals surface area contributed by atoms with Gasteiger partial charge < -0.3 is 9.52 Å². The topological polar surface area (TPSA) is 114 Å². The Morgan fingerprint density at radius 2 is 2.21 bits per heavy atom. The monoisotopic (exact) mass is 373 g/mol. The minimum Gasteiger partial charge on any atom is -0.450 e. The van der Waals surface area contributed by atoms with Crippen LogP contribution in [-0.4, -0.2) is 39.5 Å². The summed E-state index contributed by atoms with van der Waals surface area (Å²) in [5, 5.41) is 8.88. The summed E-state index contributed by atoms with van der Waals surface area (Å²) < 4.78 is 54.0. The maximum absolute atomic E-state index is 12.1. The minimum atomic E-state index is -3.88. The average Bonchev–Trinajstić information content (AvgIpc) is 2.81. The third-order valence-corrected chi connectivity index (χ3v) is 6.85. The van der Waals surface area contributed by atoms with Crippen molar-refractivity contribution >= 4 is 35.8 Å². The van der Waals surface area contributed by atoms with Crippen LogP contribution in [0.3, 0.4) is 0 Å². The number of nitrogens with one attached hydrogen (secondary N) is 1. The zero-order chi connectivity index (χ0) is 14.3. The maximum atomic E-state index is 12.1. The molecule has 1 aromatic heterocycles. The molecule has 19 heavy (non-hydrogen) atoms. The Labute approximate surface area is 119 Å². The summed E-state index contributed by atoms with van der Waals surface area (Å²) in [5.74, 6) is -0.116. The van der Waals surface area contributed by atoms with Crippen LogP contribution in [0, 0.1) is 0 Å². The molecule has 1 fully saturated rings. The second-order valence-corrected chi connectivity index (χ2v) is 8.86. The molecule has 10 heteroatoms. The van der Waals surface area contributed by atoms with Crippen molar-refractivity contribution in [2.45, 2.75) is 24.0 Å². The largest absolute Gasteiger partial charge is 0.450 e. The molecule has 0 spiro atoms.